The van der Waals surface area contributed by atoms with Crippen LogP contribution in [0.2, 0.25) is 0 Å². The molecule has 3 aromatic rings. The van der Waals surface area contributed by atoms with Crippen LogP contribution in [0.15, 0.2) is 36.8 Å². The number of hydrogen-bond donors (Lipinski definition) is 1. The Balaban J connectivity index is 1.28. The first-order valence-corrected chi connectivity index (χ1v) is 12.3. The number of hydrogen-bond acceptors (Lipinski definition) is 7. The van der Waals surface area contributed by atoms with E-state index in [9.17, 15) is 9.59 Å². The van der Waals surface area contributed by atoms with E-state index in [1.54, 1.807) is 23.0 Å². The van der Waals surface area contributed by atoms with Gasteiger partial charge >= 0.3 is 0 Å². The van der Waals surface area contributed by atoms with E-state index in [4.69, 9.17) is 4.74 Å². The number of anilines is 2. The van der Waals surface area contributed by atoms with Crippen molar-refractivity contribution in [2.45, 2.75) is 19.4 Å². The number of nitrogens with zero attached hydrogens (tertiary/aromatic N) is 6. The maximum Gasteiger partial charge on any atom is 0.261 e. The molecule has 2 aromatic heterocycles. The number of carbonyl (C=O) groups excluding carboxylic acids is 2. The molecule has 2 fully saturated rings. The highest BCUT2D eigenvalue weighted by Gasteiger charge is 2.31. The Labute approximate surface area is 203 Å². The fraction of sp³-hybridized carbons (Fsp3) is 0.440. The van der Waals surface area contributed by atoms with Crippen molar-refractivity contribution in [2.75, 3.05) is 62.7 Å². The van der Waals surface area contributed by atoms with E-state index >= 15 is 0 Å². The molecule has 0 spiro atoms. The van der Waals surface area contributed by atoms with Crippen LogP contribution < -0.4 is 10.2 Å². The summed E-state index contributed by atoms with van der Waals surface area (Å²) in [6, 6.07) is 5.68. The van der Waals surface area contributed by atoms with Crippen LogP contribution in [0.3, 0.4) is 0 Å². The van der Waals surface area contributed by atoms with Gasteiger partial charge < -0.3 is 24.8 Å². The molecule has 3 aliphatic rings. The molecular formula is C25H29N7O3. The summed E-state index contributed by atoms with van der Waals surface area (Å²) in [6.07, 6.45) is 7.41. The number of aromatic nitrogens is 3. The van der Waals surface area contributed by atoms with Gasteiger partial charge in [-0.05, 0) is 49.7 Å². The Morgan fingerprint density at radius 1 is 1.09 bits per heavy atom. The smallest absolute Gasteiger partial charge is 0.261 e. The van der Waals surface area contributed by atoms with Crippen molar-refractivity contribution in [1.82, 2.24) is 24.4 Å². The van der Waals surface area contributed by atoms with E-state index < -0.39 is 0 Å². The summed E-state index contributed by atoms with van der Waals surface area (Å²) in [5.41, 5.74) is 4.12. The minimum Gasteiger partial charge on any atom is -0.378 e. The monoisotopic (exact) mass is 475 g/mol. The lowest BCUT2D eigenvalue weighted by Gasteiger charge is -2.31. The average Bonchev–Trinajstić information content (AvgIpc) is 3.62. The zero-order chi connectivity index (χ0) is 23.8. The van der Waals surface area contributed by atoms with Gasteiger partial charge in [0.15, 0.2) is 5.65 Å². The first-order chi connectivity index (χ1) is 17.2. The number of rotatable bonds is 6. The highest BCUT2D eigenvalue weighted by atomic mass is 16.5. The second kappa shape index (κ2) is 9.27. The maximum atomic E-state index is 13.3. The van der Waals surface area contributed by atoms with Gasteiger partial charge in [-0.25, -0.2) is 9.50 Å². The number of carbonyl (C=O) groups is 2. The van der Waals surface area contributed by atoms with Crippen LogP contribution in [0, 0.1) is 0 Å². The van der Waals surface area contributed by atoms with E-state index in [0.29, 0.717) is 49.7 Å². The Morgan fingerprint density at radius 2 is 1.91 bits per heavy atom. The molecule has 0 bridgehead atoms. The molecule has 10 heteroatoms. The van der Waals surface area contributed by atoms with E-state index in [2.05, 4.69) is 25.2 Å². The quantitative estimate of drug-likeness (QED) is 0.582. The van der Waals surface area contributed by atoms with Crippen LogP contribution in [0.5, 0.6) is 0 Å². The van der Waals surface area contributed by atoms with Gasteiger partial charge in [0.1, 0.15) is 5.56 Å². The first kappa shape index (κ1) is 22.0. The molecule has 1 aromatic carbocycles. The SMILES string of the molecule is O=C(Nc1cc2c(cc1N1CCOCC1)C(=O)N(CCN1CCCC1)C2)c1cnn2cccnc12. The van der Waals surface area contributed by atoms with E-state index in [-0.39, 0.29) is 11.8 Å². The number of likely N-dealkylation sites (tertiary alicyclic amines) is 1. The molecule has 5 heterocycles. The maximum absolute atomic E-state index is 13.3. The topological polar surface area (TPSA) is 95.3 Å². The molecule has 2 saturated heterocycles. The molecule has 0 aliphatic carbocycles. The molecule has 0 radical (unpaired) electrons. The highest BCUT2D eigenvalue weighted by molar-refractivity contribution is 6.10. The van der Waals surface area contributed by atoms with Gasteiger partial charge in [-0.1, -0.05) is 0 Å². The van der Waals surface area contributed by atoms with Gasteiger partial charge in [-0.2, -0.15) is 5.10 Å². The molecule has 6 rings (SSSR count). The standard InChI is InChI=1S/C25H29N7O3/c33-24(20-16-27-32-7-3-4-26-23(20)32)28-21-14-18-17-31(9-8-29-5-1-2-6-29)25(34)19(18)15-22(21)30-10-12-35-13-11-30/h3-4,7,14-16H,1-2,5-6,8-13,17H2,(H,28,33). The first-order valence-electron chi connectivity index (χ1n) is 12.3. The third-order valence-corrected chi connectivity index (χ3v) is 7.11. The lowest BCUT2D eigenvalue weighted by molar-refractivity contribution is 0.0763. The zero-order valence-electron chi connectivity index (χ0n) is 19.7. The third-order valence-electron chi connectivity index (χ3n) is 7.11. The molecule has 1 N–H and O–H groups in total. The Hall–Kier alpha value is -3.50. The Kier molecular flexibility index (Phi) is 5.83. The van der Waals surface area contributed by atoms with Crippen molar-refractivity contribution >= 4 is 28.8 Å². The predicted molar refractivity (Wildman–Crippen MR) is 131 cm³/mol. The van der Waals surface area contributed by atoms with Crippen LogP contribution in [0.1, 0.15) is 39.1 Å². The fourth-order valence-electron chi connectivity index (χ4n) is 5.20. The summed E-state index contributed by atoms with van der Waals surface area (Å²) >= 11 is 0. The number of amides is 2. The minimum atomic E-state index is -0.275. The molecular weight excluding hydrogens is 446 g/mol. The molecule has 182 valence electrons. The molecule has 0 atom stereocenters. The second-order valence-corrected chi connectivity index (χ2v) is 9.30. The van der Waals surface area contributed by atoms with Gasteiger partial charge in [0.2, 0.25) is 0 Å². The summed E-state index contributed by atoms with van der Waals surface area (Å²) in [7, 11) is 0. The molecule has 0 saturated carbocycles. The normalized spacial score (nSPS) is 18.5. The Bertz CT molecular complexity index is 1260. The average molecular weight is 476 g/mol. The summed E-state index contributed by atoms with van der Waals surface area (Å²) in [5, 5.41) is 7.32. The number of ether oxygens (including phenoxy) is 1. The largest absolute Gasteiger partial charge is 0.378 e. The predicted octanol–water partition coefficient (Wildman–Crippen LogP) is 1.87. The van der Waals surface area contributed by atoms with Crippen molar-refractivity contribution in [3.05, 3.63) is 53.5 Å². The van der Waals surface area contributed by atoms with Crippen LogP contribution in [-0.2, 0) is 11.3 Å². The van der Waals surface area contributed by atoms with Crippen molar-refractivity contribution < 1.29 is 14.3 Å². The molecule has 0 unspecified atom stereocenters. The lowest BCUT2D eigenvalue weighted by atomic mass is 10.1. The van der Waals surface area contributed by atoms with Gasteiger partial charge in [-0.3, -0.25) is 9.59 Å². The van der Waals surface area contributed by atoms with Crippen molar-refractivity contribution in [3.63, 3.8) is 0 Å². The lowest BCUT2D eigenvalue weighted by Crippen LogP contribution is -2.37. The van der Waals surface area contributed by atoms with Crippen LogP contribution >= 0.6 is 0 Å². The second-order valence-electron chi connectivity index (χ2n) is 9.30. The number of benzene rings is 1. The van der Waals surface area contributed by atoms with E-state index in [1.165, 1.54) is 19.0 Å². The Morgan fingerprint density at radius 3 is 2.74 bits per heavy atom. The van der Waals surface area contributed by atoms with Gasteiger partial charge in [0, 0.05) is 50.7 Å². The molecule has 10 nitrogen and oxygen atoms in total. The number of fused-ring (bicyclic) bond motifs is 2. The molecule has 2 amide bonds. The van der Waals surface area contributed by atoms with Gasteiger partial charge in [0.25, 0.3) is 11.8 Å². The van der Waals surface area contributed by atoms with Crippen molar-refractivity contribution in [3.8, 4) is 0 Å². The number of morpholine rings is 1. The molecule has 3 aliphatic heterocycles. The highest BCUT2D eigenvalue weighted by Crippen LogP contribution is 2.35. The van der Waals surface area contributed by atoms with Crippen LogP contribution in [-0.4, -0.2) is 88.7 Å². The fourth-order valence-corrected chi connectivity index (χ4v) is 5.20. The minimum absolute atomic E-state index is 0.0680. The van der Waals surface area contributed by atoms with Crippen LogP contribution in [0.25, 0.3) is 5.65 Å². The summed E-state index contributed by atoms with van der Waals surface area (Å²) in [5.74, 6) is -0.207. The van der Waals surface area contributed by atoms with E-state index in [1.807, 2.05) is 17.0 Å². The van der Waals surface area contributed by atoms with Gasteiger partial charge in [-0.15, -0.1) is 0 Å². The molecule has 35 heavy (non-hydrogen) atoms. The van der Waals surface area contributed by atoms with Crippen LogP contribution in [0.4, 0.5) is 11.4 Å². The van der Waals surface area contributed by atoms with Gasteiger partial charge in [0.05, 0.1) is 30.8 Å². The summed E-state index contributed by atoms with van der Waals surface area (Å²) in [4.78, 5) is 37.4. The summed E-state index contributed by atoms with van der Waals surface area (Å²) < 4.78 is 7.11. The number of nitrogens with one attached hydrogen (secondary N) is 1. The van der Waals surface area contributed by atoms with Crippen molar-refractivity contribution in [1.29, 1.82) is 0 Å². The van der Waals surface area contributed by atoms with Crippen molar-refractivity contribution in [2.24, 2.45) is 0 Å². The van der Waals surface area contributed by atoms with E-state index in [0.717, 1.165) is 43.0 Å². The summed E-state index contributed by atoms with van der Waals surface area (Å²) in [6.45, 7) is 7.04. The third kappa shape index (κ3) is 4.23. The zero-order valence-corrected chi connectivity index (χ0v) is 19.7.